The van der Waals surface area contributed by atoms with E-state index < -0.39 is 0 Å². The maximum Gasteiger partial charge on any atom is 0.239 e. The van der Waals surface area contributed by atoms with Gasteiger partial charge in [-0.1, -0.05) is 13.8 Å². The number of carbonyl (C=O) groups excluding carboxylic acids is 1. The van der Waals surface area contributed by atoms with Gasteiger partial charge in [-0.3, -0.25) is 4.79 Å². The molecule has 0 aromatic rings. The Bertz CT molecular complexity index is 242. The van der Waals surface area contributed by atoms with Crippen LogP contribution in [0.4, 0.5) is 0 Å². The van der Waals surface area contributed by atoms with E-state index in [0.29, 0.717) is 6.04 Å². The highest BCUT2D eigenvalue weighted by Crippen LogP contribution is 2.16. The van der Waals surface area contributed by atoms with E-state index in [2.05, 4.69) is 11.9 Å². The first kappa shape index (κ1) is 13.5. The number of rotatable bonds is 4. The van der Waals surface area contributed by atoms with Crippen LogP contribution < -0.4 is 5.73 Å². The van der Waals surface area contributed by atoms with Gasteiger partial charge < -0.3 is 15.5 Å². The van der Waals surface area contributed by atoms with Gasteiger partial charge in [0.2, 0.25) is 5.91 Å². The van der Waals surface area contributed by atoms with Crippen molar-refractivity contribution < 1.29 is 4.79 Å². The van der Waals surface area contributed by atoms with Gasteiger partial charge in [-0.25, -0.2) is 0 Å². The third kappa shape index (κ3) is 3.19. The molecule has 94 valence electrons. The highest BCUT2D eigenvalue weighted by molar-refractivity contribution is 5.81. The SMILES string of the molecule is CC(C)C(N)C(=O)N(C)CC1CCCN1C. The summed E-state index contributed by atoms with van der Waals surface area (Å²) < 4.78 is 0. The van der Waals surface area contributed by atoms with Crippen LogP contribution in [0.3, 0.4) is 0 Å². The van der Waals surface area contributed by atoms with Crippen LogP contribution in [0, 0.1) is 5.92 Å². The molecule has 2 unspecified atom stereocenters. The van der Waals surface area contributed by atoms with Crippen molar-refractivity contribution >= 4 is 5.91 Å². The van der Waals surface area contributed by atoms with Gasteiger partial charge in [0.15, 0.2) is 0 Å². The molecule has 1 fully saturated rings. The monoisotopic (exact) mass is 227 g/mol. The Morgan fingerprint density at radius 3 is 2.62 bits per heavy atom. The van der Waals surface area contributed by atoms with Gasteiger partial charge in [0.05, 0.1) is 6.04 Å². The molecule has 4 nitrogen and oxygen atoms in total. The highest BCUT2D eigenvalue weighted by Gasteiger charge is 2.26. The summed E-state index contributed by atoms with van der Waals surface area (Å²) in [6, 6.07) is 0.144. The Morgan fingerprint density at radius 2 is 2.19 bits per heavy atom. The Balaban J connectivity index is 2.45. The summed E-state index contributed by atoms with van der Waals surface area (Å²) in [4.78, 5) is 16.1. The molecule has 1 aliphatic rings. The molecule has 2 N–H and O–H groups in total. The molecule has 1 saturated heterocycles. The number of nitrogens with two attached hydrogens (primary N) is 1. The number of likely N-dealkylation sites (tertiary alicyclic amines) is 1. The van der Waals surface area contributed by atoms with Crippen molar-refractivity contribution in [3.63, 3.8) is 0 Å². The average molecular weight is 227 g/mol. The van der Waals surface area contributed by atoms with E-state index in [4.69, 9.17) is 5.73 Å². The second kappa shape index (κ2) is 5.64. The fraction of sp³-hybridized carbons (Fsp3) is 0.917. The van der Waals surface area contributed by atoms with Gasteiger partial charge in [-0.2, -0.15) is 0 Å². The topological polar surface area (TPSA) is 49.6 Å². The van der Waals surface area contributed by atoms with Crippen LogP contribution in [-0.4, -0.2) is 55.0 Å². The molecule has 2 atom stereocenters. The zero-order valence-electron chi connectivity index (χ0n) is 10.9. The summed E-state index contributed by atoms with van der Waals surface area (Å²) >= 11 is 0. The third-order valence-electron chi connectivity index (χ3n) is 3.54. The van der Waals surface area contributed by atoms with Crippen molar-refractivity contribution in [2.75, 3.05) is 27.2 Å². The van der Waals surface area contributed by atoms with Crippen molar-refractivity contribution in [3.8, 4) is 0 Å². The molecule has 1 heterocycles. The van der Waals surface area contributed by atoms with E-state index in [9.17, 15) is 4.79 Å². The maximum absolute atomic E-state index is 12.0. The molecule has 4 heteroatoms. The highest BCUT2D eigenvalue weighted by atomic mass is 16.2. The minimum Gasteiger partial charge on any atom is -0.343 e. The molecule has 1 aliphatic heterocycles. The molecule has 0 aliphatic carbocycles. The molecule has 1 rings (SSSR count). The lowest BCUT2D eigenvalue weighted by Crippen LogP contribution is -2.48. The van der Waals surface area contributed by atoms with Gasteiger partial charge in [-0.15, -0.1) is 0 Å². The number of hydrogen-bond acceptors (Lipinski definition) is 3. The molecule has 0 aromatic heterocycles. The summed E-state index contributed by atoms with van der Waals surface area (Å²) in [6.07, 6.45) is 2.42. The molecule has 0 spiro atoms. The van der Waals surface area contributed by atoms with E-state index in [1.54, 1.807) is 4.90 Å². The Kier molecular flexibility index (Phi) is 4.74. The van der Waals surface area contributed by atoms with Gasteiger partial charge in [0.1, 0.15) is 0 Å². The van der Waals surface area contributed by atoms with Crippen LogP contribution in [0.25, 0.3) is 0 Å². The molecule has 1 amide bonds. The molecular weight excluding hydrogens is 202 g/mol. The number of likely N-dealkylation sites (N-methyl/N-ethyl adjacent to an activating group) is 2. The lowest BCUT2D eigenvalue weighted by Gasteiger charge is -2.28. The molecular formula is C12H25N3O. The third-order valence-corrected chi connectivity index (χ3v) is 3.54. The van der Waals surface area contributed by atoms with Crippen LogP contribution in [0.5, 0.6) is 0 Å². The number of carbonyl (C=O) groups is 1. The van der Waals surface area contributed by atoms with E-state index in [-0.39, 0.29) is 17.9 Å². The number of nitrogens with zero attached hydrogens (tertiary/aromatic N) is 2. The fourth-order valence-electron chi connectivity index (χ4n) is 2.16. The molecule has 0 radical (unpaired) electrons. The van der Waals surface area contributed by atoms with Gasteiger partial charge in [-0.05, 0) is 32.4 Å². The van der Waals surface area contributed by atoms with Crippen LogP contribution in [0.2, 0.25) is 0 Å². The van der Waals surface area contributed by atoms with E-state index in [1.165, 1.54) is 12.8 Å². The Labute approximate surface area is 98.8 Å². The van der Waals surface area contributed by atoms with Gasteiger partial charge >= 0.3 is 0 Å². The minimum absolute atomic E-state index is 0.0651. The normalized spacial score (nSPS) is 23.8. The largest absolute Gasteiger partial charge is 0.343 e. The van der Waals surface area contributed by atoms with Crippen LogP contribution in [0.15, 0.2) is 0 Å². The van der Waals surface area contributed by atoms with E-state index in [0.717, 1.165) is 13.1 Å². The molecule has 0 saturated carbocycles. The predicted molar refractivity (Wildman–Crippen MR) is 66.1 cm³/mol. The summed E-state index contributed by atoms with van der Waals surface area (Å²) in [6.45, 7) is 5.91. The van der Waals surface area contributed by atoms with Crippen molar-refractivity contribution in [1.82, 2.24) is 9.80 Å². The second-order valence-corrected chi connectivity index (χ2v) is 5.27. The summed E-state index contributed by atoms with van der Waals surface area (Å²) in [5.41, 5.74) is 5.87. The van der Waals surface area contributed by atoms with Crippen molar-refractivity contribution in [2.24, 2.45) is 11.7 Å². The zero-order valence-corrected chi connectivity index (χ0v) is 10.9. The van der Waals surface area contributed by atoms with Gasteiger partial charge in [0.25, 0.3) is 0 Å². The molecule has 0 bridgehead atoms. The minimum atomic E-state index is -0.364. The van der Waals surface area contributed by atoms with E-state index >= 15 is 0 Å². The molecule has 0 aromatic carbocycles. The van der Waals surface area contributed by atoms with Crippen molar-refractivity contribution in [3.05, 3.63) is 0 Å². The van der Waals surface area contributed by atoms with Crippen LogP contribution >= 0.6 is 0 Å². The fourth-order valence-corrected chi connectivity index (χ4v) is 2.16. The first-order valence-electron chi connectivity index (χ1n) is 6.14. The molecule has 16 heavy (non-hydrogen) atoms. The number of hydrogen-bond donors (Lipinski definition) is 1. The summed E-state index contributed by atoms with van der Waals surface area (Å²) in [5.74, 6) is 0.270. The first-order valence-corrected chi connectivity index (χ1v) is 6.14. The maximum atomic E-state index is 12.0. The van der Waals surface area contributed by atoms with Crippen LogP contribution in [-0.2, 0) is 4.79 Å². The average Bonchev–Trinajstić information content (AvgIpc) is 2.62. The Hall–Kier alpha value is -0.610. The summed E-state index contributed by atoms with van der Waals surface area (Å²) in [5, 5.41) is 0. The number of amides is 1. The van der Waals surface area contributed by atoms with Crippen molar-refractivity contribution in [1.29, 1.82) is 0 Å². The second-order valence-electron chi connectivity index (χ2n) is 5.27. The first-order chi connectivity index (χ1) is 7.43. The summed E-state index contributed by atoms with van der Waals surface area (Å²) in [7, 11) is 3.98. The Morgan fingerprint density at radius 1 is 1.56 bits per heavy atom. The predicted octanol–water partition coefficient (Wildman–Crippen LogP) is 0.522. The lowest BCUT2D eigenvalue weighted by atomic mass is 10.0. The zero-order chi connectivity index (χ0) is 12.3. The van der Waals surface area contributed by atoms with Gasteiger partial charge in [0, 0.05) is 19.6 Å². The smallest absolute Gasteiger partial charge is 0.239 e. The quantitative estimate of drug-likeness (QED) is 0.762. The van der Waals surface area contributed by atoms with E-state index in [1.807, 2.05) is 20.9 Å². The van der Waals surface area contributed by atoms with Crippen LogP contribution in [0.1, 0.15) is 26.7 Å². The van der Waals surface area contributed by atoms with Crippen molar-refractivity contribution in [2.45, 2.75) is 38.8 Å². The standard InChI is InChI=1S/C12H25N3O/c1-9(2)11(13)12(16)15(4)8-10-6-5-7-14(10)3/h9-11H,5-8,13H2,1-4H3. The lowest BCUT2D eigenvalue weighted by molar-refractivity contribution is -0.132.